The fraction of sp³-hybridized carbons (Fsp3) is 0.615. The second-order valence-corrected chi connectivity index (χ2v) is 3.93. The standard InChI is InChI=1S/C13H22N2O/c1-3-4-9-16-10-8-15-12(2)13-6-5-7-14-11-13/h5-7,11-12,15H,3-4,8-10H2,1-2H3. The van der Waals surface area contributed by atoms with Crippen LogP contribution in [0, 0.1) is 0 Å². The van der Waals surface area contributed by atoms with Crippen molar-refractivity contribution < 1.29 is 4.74 Å². The smallest absolute Gasteiger partial charge is 0.0591 e. The Morgan fingerprint density at radius 2 is 2.31 bits per heavy atom. The Morgan fingerprint density at radius 1 is 1.44 bits per heavy atom. The summed E-state index contributed by atoms with van der Waals surface area (Å²) in [5, 5.41) is 3.41. The maximum atomic E-state index is 5.48. The van der Waals surface area contributed by atoms with Crippen molar-refractivity contribution in [1.82, 2.24) is 10.3 Å². The number of aromatic nitrogens is 1. The summed E-state index contributed by atoms with van der Waals surface area (Å²) in [6.45, 7) is 6.86. The van der Waals surface area contributed by atoms with Crippen LogP contribution in [0.25, 0.3) is 0 Å². The van der Waals surface area contributed by atoms with Gasteiger partial charge < -0.3 is 10.1 Å². The average Bonchev–Trinajstić information content (AvgIpc) is 2.34. The Bertz CT molecular complexity index is 264. The maximum Gasteiger partial charge on any atom is 0.0591 e. The molecule has 1 aromatic heterocycles. The summed E-state index contributed by atoms with van der Waals surface area (Å²) in [6.07, 6.45) is 6.04. The molecule has 3 nitrogen and oxygen atoms in total. The summed E-state index contributed by atoms with van der Waals surface area (Å²) in [4.78, 5) is 4.10. The van der Waals surface area contributed by atoms with Crippen LogP contribution in [0.15, 0.2) is 24.5 Å². The van der Waals surface area contributed by atoms with Crippen LogP contribution < -0.4 is 5.32 Å². The molecule has 90 valence electrons. The average molecular weight is 222 g/mol. The van der Waals surface area contributed by atoms with Gasteiger partial charge in [0, 0.05) is 31.6 Å². The van der Waals surface area contributed by atoms with Crippen LogP contribution in [0.2, 0.25) is 0 Å². The molecule has 0 aliphatic heterocycles. The zero-order chi connectivity index (χ0) is 11.6. The van der Waals surface area contributed by atoms with E-state index in [0.29, 0.717) is 6.04 Å². The number of hydrogen-bond acceptors (Lipinski definition) is 3. The first-order valence-electron chi connectivity index (χ1n) is 6.05. The van der Waals surface area contributed by atoms with Crippen molar-refractivity contribution in [2.24, 2.45) is 0 Å². The molecule has 0 saturated heterocycles. The first-order valence-corrected chi connectivity index (χ1v) is 6.05. The Labute approximate surface area is 98.2 Å². The molecule has 1 rings (SSSR count). The lowest BCUT2D eigenvalue weighted by atomic mass is 10.1. The van der Waals surface area contributed by atoms with Crippen molar-refractivity contribution in [3.63, 3.8) is 0 Å². The van der Waals surface area contributed by atoms with Crippen LogP contribution in [0.1, 0.15) is 38.3 Å². The highest BCUT2D eigenvalue weighted by molar-refractivity contribution is 5.12. The summed E-state index contributed by atoms with van der Waals surface area (Å²) in [7, 11) is 0. The van der Waals surface area contributed by atoms with Crippen molar-refractivity contribution in [2.75, 3.05) is 19.8 Å². The summed E-state index contributed by atoms with van der Waals surface area (Å²) in [6, 6.07) is 4.39. The predicted molar refractivity (Wildman–Crippen MR) is 66.4 cm³/mol. The van der Waals surface area contributed by atoms with Gasteiger partial charge in [0.25, 0.3) is 0 Å². The zero-order valence-corrected chi connectivity index (χ0v) is 10.3. The second kappa shape index (κ2) is 8.25. The Hall–Kier alpha value is -0.930. The van der Waals surface area contributed by atoms with Gasteiger partial charge in [-0.25, -0.2) is 0 Å². The van der Waals surface area contributed by atoms with E-state index in [1.165, 1.54) is 12.0 Å². The van der Waals surface area contributed by atoms with Gasteiger partial charge in [0.2, 0.25) is 0 Å². The number of pyridine rings is 1. The van der Waals surface area contributed by atoms with Crippen molar-refractivity contribution in [2.45, 2.75) is 32.7 Å². The molecule has 3 heteroatoms. The molecule has 1 unspecified atom stereocenters. The minimum Gasteiger partial charge on any atom is -0.380 e. The lowest BCUT2D eigenvalue weighted by molar-refractivity contribution is 0.131. The number of hydrogen-bond donors (Lipinski definition) is 1. The van der Waals surface area contributed by atoms with Crippen molar-refractivity contribution in [1.29, 1.82) is 0 Å². The number of nitrogens with zero attached hydrogens (tertiary/aromatic N) is 1. The van der Waals surface area contributed by atoms with Crippen molar-refractivity contribution >= 4 is 0 Å². The van der Waals surface area contributed by atoms with E-state index >= 15 is 0 Å². The highest BCUT2D eigenvalue weighted by Crippen LogP contribution is 2.08. The van der Waals surface area contributed by atoms with Gasteiger partial charge in [0.15, 0.2) is 0 Å². The lowest BCUT2D eigenvalue weighted by Gasteiger charge is -2.13. The van der Waals surface area contributed by atoms with E-state index in [9.17, 15) is 0 Å². The first kappa shape index (κ1) is 13.1. The van der Waals surface area contributed by atoms with Crippen LogP contribution in [0.3, 0.4) is 0 Å². The van der Waals surface area contributed by atoms with Crippen molar-refractivity contribution in [3.05, 3.63) is 30.1 Å². The van der Waals surface area contributed by atoms with Gasteiger partial charge in [0.1, 0.15) is 0 Å². The first-order chi connectivity index (χ1) is 7.84. The minimum atomic E-state index is 0.337. The molecule has 16 heavy (non-hydrogen) atoms. The third-order valence-electron chi connectivity index (χ3n) is 2.52. The van der Waals surface area contributed by atoms with E-state index in [4.69, 9.17) is 4.74 Å². The summed E-state index contributed by atoms with van der Waals surface area (Å²) in [5.74, 6) is 0. The summed E-state index contributed by atoms with van der Waals surface area (Å²) in [5.41, 5.74) is 1.22. The summed E-state index contributed by atoms with van der Waals surface area (Å²) < 4.78 is 5.48. The molecule has 0 fully saturated rings. The van der Waals surface area contributed by atoms with Crippen LogP contribution in [-0.4, -0.2) is 24.7 Å². The fourth-order valence-corrected chi connectivity index (χ4v) is 1.45. The Balaban J connectivity index is 2.09. The molecule has 0 saturated carbocycles. The van der Waals surface area contributed by atoms with Gasteiger partial charge in [-0.05, 0) is 25.0 Å². The number of ether oxygens (including phenoxy) is 1. The van der Waals surface area contributed by atoms with Gasteiger partial charge in [-0.2, -0.15) is 0 Å². The van der Waals surface area contributed by atoms with E-state index in [1.54, 1.807) is 6.20 Å². The molecule has 0 aliphatic carbocycles. The molecule has 0 radical (unpaired) electrons. The highest BCUT2D eigenvalue weighted by Gasteiger charge is 2.02. The number of nitrogens with one attached hydrogen (secondary N) is 1. The fourth-order valence-electron chi connectivity index (χ4n) is 1.45. The molecule has 0 aliphatic rings. The second-order valence-electron chi connectivity index (χ2n) is 3.93. The normalized spacial score (nSPS) is 12.6. The van der Waals surface area contributed by atoms with Crippen LogP contribution >= 0.6 is 0 Å². The molecule has 0 aromatic carbocycles. The predicted octanol–water partition coefficient (Wildman–Crippen LogP) is 2.55. The molecular formula is C13H22N2O. The van der Waals surface area contributed by atoms with Crippen LogP contribution in [-0.2, 0) is 4.74 Å². The van der Waals surface area contributed by atoms with Gasteiger partial charge >= 0.3 is 0 Å². The maximum absolute atomic E-state index is 5.48. The summed E-state index contributed by atoms with van der Waals surface area (Å²) >= 11 is 0. The third-order valence-corrected chi connectivity index (χ3v) is 2.52. The molecule has 0 bridgehead atoms. The molecule has 0 amide bonds. The molecule has 1 N–H and O–H groups in total. The number of rotatable bonds is 8. The molecular weight excluding hydrogens is 200 g/mol. The Morgan fingerprint density at radius 3 is 3.00 bits per heavy atom. The highest BCUT2D eigenvalue weighted by atomic mass is 16.5. The van der Waals surface area contributed by atoms with Crippen LogP contribution in [0.4, 0.5) is 0 Å². The molecule has 1 heterocycles. The lowest BCUT2D eigenvalue weighted by Crippen LogP contribution is -2.23. The molecule has 0 spiro atoms. The zero-order valence-electron chi connectivity index (χ0n) is 10.3. The van der Waals surface area contributed by atoms with Gasteiger partial charge in [-0.15, -0.1) is 0 Å². The van der Waals surface area contributed by atoms with Gasteiger partial charge in [0.05, 0.1) is 6.61 Å². The molecule has 1 atom stereocenters. The van der Waals surface area contributed by atoms with E-state index < -0.39 is 0 Å². The largest absolute Gasteiger partial charge is 0.380 e. The van der Waals surface area contributed by atoms with Crippen LogP contribution in [0.5, 0.6) is 0 Å². The Kier molecular flexibility index (Phi) is 6.77. The van der Waals surface area contributed by atoms with E-state index in [0.717, 1.165) is 26.2 Å². The van der Waals surface area contributed by atoms with E-state index in [1.807, 2.05) is 12.3 Å². The van der Waals surface area contributed by atoms with Gasteiger partial charge in [-0.1, -0.05) is 19.4 Å². The van der Waals surface area contributed by atoms with Gasteiger partial charge in [-0.3, -0.25) is 4.98 Å². The minimum absolute atomic E-state index is 0.337. The van der Waals surface area contributed by atoms with Crippen molar-refractivity contribution in [3.8, 4) is 0 Å². The molecule has 1 aromatic rings. The number of unbranched alkanes of at least 4 members (excludes halogenated alkanes) is 1. The van der Waals surface area contributed by atoms with E-state index in [-0.39, 0.29) is 0 Å². The quantitative estimate of drug-likeness (QED) is 0.686. The van der Waals surface area contributed by atoms with E-state index in [2.05, 4.69) is 30.2 Å². The SMILES string of the molecule is CCCCOCCNC(C)c1cccnc1. The third kappa shape index (κ3) is 5.24. The monoisotopic (exact) mass is 222 g/mol. The topological polar surface area (TPSA) is 34.1 Å².